The lowest BCUT2D eigenvalue weighted by Gasteiger charge is -2.23. The van der Waals surface area contributed by atoms with Crippen LogP contribution >= 0.6 is 23.2 Å². The van der Waals surface area contributed by atoms with E-state index in [1.807, 2.05) is 0 Å². The van der Waals surface area contributed by atoms with E-state index in [-0.39, 0.29) is 21.8 Å². The molecule has 0 radical (unpaired) electrons. The van der Waals surface area contributed by atoms with Crippen molar-refractivity contribution in [1.29, 1.82) is 0 Å². The van der Waals surface area contributed by atoms with Crippen molar-refractivity contribution in [3.63, 3.8) is 0 Å². The topological polar surface area (TPSA) is 184 Å². The fourth-order valence-electron chi connectivity index (χ4n) is 3.82. The molecule has 1 saturated heterocycles. The number of rotatable bonds is 8. The minimum atomic E-state index is -4.69. The number of esters is 2. The summed E-state index contributed by atoms with van der Waals surface area (Å²) in [5.41, 5.74) is -0.812. The third kappa shape index (κ3) is 7.14. The van der Waals surface area contributed by atoms with E-state index in [2.05, 4.69) is 19.5 Å². The molecule has 14 nitrogen and oxygen atoms in total. The van der Waals surface area contributed by atoms with E-state index in [0.717, 1.165) is 18.5 Å². The summed E-state index contributed by atoms with van der Waals surface area (Å²) < 4.78 is 89.3. The third-order valence-corrected chi connectivity index (χ3v) is 6.42. The highest BCUT2D eigenvalue weighted by molar-refractivity contribution is 7.84. The molecule has 0 saturated carbocycles. The van der Waals surface area contributed by atoms with Gasteiger partial charge in [0.15, 0.2) is 18.4 Å². The standard InChI is InChI=1S/C21H18Cl2F3N5O9S/c1-8(32)37-17-16(7-36-41(27,34)35)40-20(18(17)38-9(2)33)31-14-5-15(11(22)4-13(14)29-30-31)39-19-12(23)3-10(6-28-19)21(24,25)26/h3-6,16-18,20H,7H2,1-2H3,(H2,27,34,35)/t16-,17-,18-,20-/m1/s1. The van der Waals surface area contributed by atoms with E-state index in [4.69, 9.17) is 47.3 Å². The Labute approximate surface area is 238 Å². The Hall–Kier alpha value is -3.29. The summed E-state index contributed by atoms with van der Waals surface area (Å²) in [6.07, 6.45) is -9.62. The number of nitrogens with zero attached hydrogens (tertiary/aromatic N) is 4. The Kier molecular flexibility index (Phi) is 8.63. The molecule has 3 heterocycles. The van der Waals surface area contributed by atoms with Crippen molar-refractivity contribution < 1.29 is 54.3 Å². The van der Waals surface area contributed by atoms with Gasteiger partial charge in [-0.2, -0.15) is 21.6 Å². The van der Waals surface area contributed by atoms with Crippen LogP contribution in [0, 0.1) is 0 Å². The molecular formula is C21H18Cl2F3N5O9S. The molecule has 0 spiro atoms. The summed E-state index contributed by atoms with van der Waals surface area (Å²) in [4.78, 5) is 27.3. The maximum absolute atomic E-state index is 13.0. The number of hydrogen-bond acceptors (Lipinski definition) is 12. The van der Waals surface area contributed by atoms with Crippen LogP contribution < -0.4 is 9.88 Å². The van der Waals surface area contributed by atoms with Crippen LogP contribution in [-0.2, 0) is 44.5 Å². The fraction of sp³-hybridized carbons (Fsp3) is 0.381. The normalized spacial score (nSPS) is 21.2. The number of pyridine rings is 1. The van der Waals surface area contributed by atoms with Crippen molar-refractivity contribution in [3.8, 4) is 11.6 Å². The van der Waals surface area contributed by atoms with E-state index >= 15 is 0 Å². The van der Waals surface area contributed by atoms with Gasteiger partial charge in [0.25, 0.3) is 0 Å². The number of fused-ring (bicyclic) bond motifs is 1. The van der Waals surface area contributed by atoms with Gasteiger partial charge < -0.3 is 18.9 Å². The van der Waals surface area contributed by atoms with Gasteiger partial charge >= 0.3 is 28.4 Å². The SMILES string of the molecule is CC(=O)O[C@@H]1[C@H](OC(C)=O)[C@@H](COS(N)(=O)=O)O[C@H]1n1nnc2cc(Cl)c(Oc3ncc(C(F)(F)F)cc3Cl)cc21. The van der Waals surface area contributed by atoms with Crippen molar-refractivity contribution in [3.05, 3.63) is 40.0 Å². The van der Waals surface area contributed by atoms with Gasteiger partial charge in [-0.05, 0) is 12.1 Å². The van der Waals surface area contributed by atoms with E-state index < -0.39 is 76.0 Å². The van der Waals surface area contributed by atoms with Crippen molar-refractivity contribution >= 4 is 56.5 Å². The Morgan fingerprint density at radius 3 is 2.34 bits per heavy atom. The van der Waals surface area contributed by atoms with Crippen molar-refractivity contribution in [2.75, 3.05) is 6.61 Å². The minimum absolute atomic E-state index is 0.0524. The largest absolute Gasteiger partial charge is 0.456 e. The average Bonchev–Trinajstić information content (AvgIpc) is 3.38. The summed E-state index contributed by atoms with van der Waals surface area (Å²) in [5.74, 6) is -2.16. The van der Waals surface area contributed by atoms with Gasteiger partial charge in [-0.3, -0.25) is 13.8 Å². The maximum atomic E-state index is 13.0. The molecule has 0 amide bonds. The molecule has 1 aliphatic heterocycles. The maximum Gasteiger partial charge on any atom is 0.417 e. The summed E-state index contributed by atoms with van der Waals surface area (Å²) >= 11 is 12.2. The molecule has 1 aromatic carbocycles. The fourth-order valence-corrected chi connectivity index (χ4v) is 4.54. The molecule has 0 aliphatic carbocycles. The number of nitrogens with two attached hydrogens (primary N) is 1. The zero-order chi connectivity index (χ0) is 30.3. The number of alkyl halides is 3. The van der Waals surface area contributed by atoms with E-state index in [0.29, 0.717) is 12.3 Å². The van der Waals surface area contributed by atoms with Gasteiger partial charge in [-0.25, -0.2) is 14.8 Å². The molecule has 2 aromatic heterocycles. The van der Waals surface area contributed by atoms with Crippen molar-refractivity contribution in [2.45, 2.75) is 44.6 Å². The van der Waals surface area contributed by atoms with Gasteiger partial charge in [-0.15, -0.1) is 5.10 Å². The lowest BCUT2D eigenvalue weighted by atomic mass is 10.1. The molecule has 0 bridgehead atoms. The highest BCUT2D eigenvalue weighted by Gasteiger charge is 2.51. The Bertz CT molecular complexity index is 1610. The molecule has 1 aliphatic rings. The highest BCUT2D eigenvalue weighted by atomic mass is 35.5. The summed E-state index contributed by atoms with van der Waals surface area (Å²) in [7, 11) is -4.44. The zero-order valence-corrected chi connectivity index (χ0v) is 23.0. The Morgan fingerprint density at radius 2 is 1.76 bits per heavy atom. The monoisotopic (exact) mass is 643 g/mol. The van der Waals surface area contributed by atoms with Crippen LogP contribution in [-0.4, -0.2) is 65.3 Å². The molecule has 0 unspecified atom stereocenters. The van der Waals surface area contributed by atoms with Crippen molar-refractivity contribution in [1.82, 2.24) is 20.0 Å². The number of ether oxygens (including phenoxy) is 4. The number of hydrogen-bond donors (Lipinski definition) is 1. The average molecular weight is 644 g/mol. The lowest BCUT2D eigenvalue weighted by Crippen LogP contribution is -2.41. The Balaban J connectivity index is 1.73. The van der Waals surface area contributed by atoms with Crippen LogP contribution in [0.15, 0.2) is 24.4 Å². The Morgan fingerprint density at radius 1 is 1.10 bits per heavy atom. The quantitative estimate of drug-likeness (QED) is 0.354. The third-order valence-electron chi connectivity index (χ3n) is 5.39. The molecule has 4 rings (SSSR count). The predicted molar refractivity (Wildman–Crippen MR) is 131 cm³/mol. The molecule has 1 fully saturated rings. The molecule has 222 valence electrons. The van der Waals surface area contributed by atoms with Gasteiger partial charge in [0, 0.05) is 26.1 Å². The van der Waals surface area contributed by atoms with Crippen LogP contribution in [0.5, 0.6) is 11.6 Å². The molecule has 2 N–H and O–H groups in total. The van der Waals surface area contributed by atoms with E-state index in [1.165, 1.54) is 12.1 Å². The molecule has 4 atom stereocenters. The van der Waals surface area contributed by atoms with Crippen LogP contribution in [0.3, 0.4) is 0 Å². The van der Waals surface area contributed by atoms with Crippen LogP contribution in [0.4, 0.5) is 13.2 Å². The van der Waals surface area contributed by atoms with Crippen molar-refractivity contribution in [2.24, 2.45) is 5.14 Å². The van der Waals surface area contributed by atoms with Crippen LogP contribution in [0.2, 0.25) is 10.0 Å². The number of carbonyl (C=O) groups excluding carboxylic acids is 2. The van der Waals surface area contributed by atoms with Crippen LogP contribution in [0.25, 0.3) is 11.0 Å². The molecule has 41 heavy (non-hydrogen) atoms. The second kappa shape index (κ2) is 11.5. The van der Waals surface area contributed by atoms with Gasteiger partial charge in [-0.1, -0.05) is 28.4 Å². The summed E-state index contributed by atoms with van der Waals surface area (Å²) in [6, 6.07) is 3.20. The minimum Gasteiger partial charge on any atom is -0.456 e. The number of aromatic nitrogens is 4. The first-order valence-electron chi connectivity index (χ1n) is 11.2. The first kappa shape index (κ1) is 30.7. The predicted octanol–water partition coefficient (Wildman–Crippen LogP) is 2.93. The van der Waals surface area contributed by atoms with Crippen LogP contribution in [0.1, 0.15) is 25.6 Å². The lowest BCUT2D eigenvalue weighted by molar-refractivity contribution is -0.165. The first-order valence-corrected chi connectivity index (χ1v) is 13.4. The smallest absolute Gasteiger partial charge is 0.417 e. The van der Waals surface area contributed by atoms with E-state index in [9.17, 15) is 31.2 Å². The second-order valence-electron chi connectivity index (χ2n) is 8.41. The number of benzene rings is 1. The first-order chi connectivity index (χ1) is 19.0. The summed E-state index contributed by atoms with van der Waals surface area (Å²) in [5, 5.41) is 12.3. The highest BCUT2D eigenvalue weighted by Crippen LogP contribution is 2.40. The molecular weight excluding hydrogens is 626 g/mol. The van der Waals surface area contributed by atoms with Gasteiger partial charge in [0.2, 0.25) is 5.88 Å². The zero-order valence-electron chi connectivity index (χ0n) is 20.7. The van der Waals surface area contributed by atoms with Gasteiger partial charge in [0.05, 0.1) is 22.7 Å². The number of carbonyl (C=O) groups is 2. The number of halogens is 5. The molecule has 3 aromatic rings. The molecule has 20 heteroatoms. The van der Waals surface area contributed by atoms with Gasteiger partial charge in [0.1, 0.15) is 22.4 Å². The summed E-state index contributed by atoms with van der Waals surface area (Å²) in [6.45, 7) is 1.41. The van der Waals surface area contributed by atoms with E-state index in [1.54, 1.807) is 0 Å². The second-order valence-corrected chi connectivity index (χ2v) is 10.4.